The molecule has 0 radical (unpaired) electrons. The van der Waals surface area contributed by atoms with E-state index in [1.54, 1.807) is 11.0 Å². The summed E-state index contributed by atoms with van der Waals surface area (Å²) in [6.07, 6.45) is 6.49. The summed E-state index contributed by atoms with van der Waals surface area (Å²) in [7, 11) is 1.35. The largest absolute Gasteiger partial charge is 0.467 e. The third-order valence-corrected chi connectivity index (χ3v) is 5.08. The molecule has 0 unspecified atom stereocenters. The average Bonchev–Trinajstić information content (AvgIpc) is 3.10. The molecule has 24 heavy (non-hydrogen) atoms. The van der Waals surface area contributed by atoms with E-state index in [1.165, 1.54) is 18.7 Å². The van der Waals surface area contributed by atoms with E-state index in [4.69, 9.17) is 16.3 Å². The Bertz CT molecular complexity index is 723. The lowest BCUT2D eigenvalue weighted by atomic mass is 9.92. The Morgan fingerprint density at radius 2 is 2.08 bits per heavy atom. The number of carbonyl (C=O) groups is 2. The van der Waals surface area contributed by atoms with Gasteiger partial charge in [-0.1, -0.05) is 41.9 Å². The van der Waals surface area contributed by atoms with Gasteiger partial charge >= 0.3 is 5.97 Å². The number of nitrogens with zero attached hydrogens (tertiary/aromatic N) is 1. The van der Waals surface area contributed by atoms with Crippen LogP contribution in [0.2, 0.25) is 0 Å². The van der Waals surface area contributed by atoms with Crippen molar-refractivity contribution in [2.75, 3.05) is 13.7 Å². The first kappa shape index (κ1) is 16.8. The summed E-state index contributed by atoms with van der Waals surface area (Å²) in [5.41, 5.74) is 3.22. The van der Waals surface area contributed by atoms with Crippen LogP contribution in [0, 0.1) is 0 Å². The number of aryl methyl sites for hydroxylation is 1. The number of carbonyl (C=O) groups excluding carboxylic acids is 2. The number of benzene rings is 1. The SMILES string of the molecule is COC(=O)[C@H]1CCCN1C(=O)/C=C/C1=C(Cl)c2ccccc2CC1. The molecule has 0 saturated carbocycles. The normalized spacial score (nSPS) is 20.4. The molecule has 3 rings (SSSR count). The zero-order chi connectivity index (χ0) is 17.1. The molecule has 0 bridgehead atoms. The Morgan fingerprint density at radius 1 is 1.29 bits per heavy atom. The van der Waals surface area contributed by atoms with E-state index in [-0.39, 0.29) is 11.9 Å². The molecule has 0 N–H and O–H groups in total. The molecule has 1 heterocycles. The minimum absolute atomic E-state index is 0.168. The van der Waals surface area contributed by atoms with Gasteiger partial charge < -0.3 is 9.64 Å². The van der Waals surface area contributed by atoms with Crippen LogP contribution >= 0.6 is 11.6 Å². The second kappa shape index (κ2) is 7.22. The molecule has 1 atom stereocenters. The van der Waals surface area contributed by atoms with Gasteiger partial charge in [0.2, 0.25) is 5.91 Å². The molecule has 126 valence electrons. The van der Waals surface area contributed by atoms with Crippen molar-refractivity contribution in [3.8, 4) is 0 Å². The molecular formula is C19H20ClNO3. The van der Waals surface area contributed by atoms with Crippen molar-refractivity contribution < 1.29 is 14.3 Å². The summed E-state index contributed by atoms with van der Waals surface area (Å²) >= 11 is 6.49. The molecule has 1 aromatic carbocycles. The lowest BCUT2D eigenvalue weighted by Gasteiger charge is -2.21. The van der Waals surface area contributed by atoms with Gasteiger partial charge in [0.25, 0.3) is 0 Å². The number of hydrogen-bond donors (Lipinski definition) is 0. The number of methoxy groups -OCH3 is 1. The third kappa shape index (κ3) is 3.24. The first-order chi connectivity index (χ1) is 11.6. The number of rotatable bonds is 3. The number of hydrogen-bond acceptors (Lipinski definition) is 3. The van der Waals surface area contributed by atoms with E-state index >= 15 is 0 Å². The van der Waals surface area contributed by atoms with E-state index in [1.807, 2.05) is 18.2 Å². The fourth-order valence-electron chi connectivity index (χ4n) is 3.34. The van der Waals surface area contributed by atoms with Crippen LogP contribution in [-0.4, -0.2) is 36.5 Å². The molecule has 1 aliphatic carbocycles. The maximum atomic E-state index is 12.4. The Hall–Kier alpha value is -2.07. The summed E-state index contributed by atoms with van der Waals surface area (Å²) in [6.45, 7) is 0.582. The van der Waals surface area contributed by atoms with Gasteiger partial charge in [0, 0.05) is 12.6 Å². The molecule has 1 fully saturated rings. The summed E-state index contributed by atoms with van der Waals surface area (Å²) in [5.74, 6) is -0.517. The topological polar surface area (TPSA) is 46.6 Å². The average molecular weight is 346 g/mol. The smallest absolute Gasteiger partial charge is 0.328 e. The molecule has 5 heteroatoms. The Labute approximate surface area is 146 Å². The van der Waals surface area contributed by atoms with Crippen LogP contribution in [0.5, 0.6) is 0 Å². The standard InChI is InChI=1S/C19H20ClNO3/c1-24-19(23)16-7-4-12-21(16)17(22)11-10-14-9-8-13-5-2-3-6-15(13)18(14)20/h2-3,5-6,10-11,16H,4,7-9,12H2,1H3/b11-10+/t16-/m1/s1. The lowest BCUT2D eigenvalue weighted by Crippen LogP contribution is -2.40. The number of halogens is 1. The van der Waals surface area contributed by atoms with Gasteiger partial charge in [0.05, 0.1) is 12.1 Å². The van der Waals surface area contributed by atoms with Gasteiger partial charge in [0.1, 0.15) is 6.04 Å². The highest BCUT2D eigenvalue weighted by Crippen LogP contribution is 2.34. The monoisotopic (exact) mass is 345 g/mol. The molecule has 0 spiro atoms. The van der Waals surface area contributed by atoms with Crippen LogP contribution in [0.15, 0.2) is 42.0 Å². The van der Waals surface area contributed by atoms with Gasteiger partial charge in [-0.15, -0.1) is 0 Å². The predicted octanol–water partition coefficient (Wildman–Crippen LogP) is 3.30. The van der Waals surface area contributed by atoms with Gasteiger partial charge in [-0.3, -0.25) is 4.79 Å². The Morgan fingerprint density at radius 3 is 2.88 bits per heavy atom. The van der Waals surface area contributed by atoms with Crippen molar-refractivity contribution in [3.63, 3.8) is 0 Å². The molecule has 1 amide bonds. The summed E-state index contributed by atoms with van der Waals surface area (Å²) < 4.78 is 4.78. The number of esters is 1. The molecule has 4 nitrogen and oxygen atoms in total. The van der Waals surface area contributed by atoms with E-state index in [0.29, 0.717) is 18.0 Å². The fourth-order valence-corrected chi connectivity index (χ4v) is 3.68. The van der Waals surface area contributed by atoms with Crippen LogP contribution in [0.4, 0.5) is 0 Å². The first-order valence-corrected chi connectivity index (χ1v) is 8.53. The molecule has 1 aliphatic heterocycles. The zero-order valence-corrected chi connectivity index (χ0v) is 14.4. The number of fused-ring (bicyclic) bond motifs is 1. The Kier molecular flexibility index (Phi) is 5.05. The zero-order valence-electron chi connectivity index (χ0n) is 13.6. The van der Waals surface area contributed by atoms with Crippen molar-refractivity contribution in [1.29, 1.82) is 0 Å². The number of allylic oxidation sites excluding steroid dienone is 2. The number of amides is 1. The fraction of sp³-hybridized carbons (Fsp3) is 0.368. The van der Waals surface area contributed by atoms with Crippen molar-refractivity contribution in [3.05, 3.63) is 53.1 Å². The highest BCUT2D eigenvalue weighted by atomic mass is 35.5. The summed E-state index contributed by atoms with van der Waals surface area (Å²) in [5, 5.41) is 0.701. The minimum atomic E-state index is -0.469. The lowest BCUT2D eigenvalue weighted by molar-refractivity contribution is -0.149. The predicted molar refractivity (Wildman–Crippen MR) is 93.4 cm³/mol. The minimum Gasteiger partial charge on any atom is -0.467 e. The second-order valence-corrected chi connectivity index (χ2v) is 6.42. The third-order valence-electron chi connectivity index (χ3n) is 4.64. The van der Waals surface area contributed by atoms with Crippen molar-refractivity contribution in [2.45, 2.75) is 31.7 Å². The van der Waals surface area contributed by atoms with E-state index in [2.05, 4.69) is 6.07 Å². The summed E-state index contributed by atoms with van der Waals surface area (Å²) in [6, 6.07) is 7.58. The van der Waals surface area contributed by atoms with E-state index in [9.17, 15) is 9.59 Å². The van der Waals surface area contributed by atoms with E-state index in [0.717, 1.165) is 30.4 Å². The number of ether oxygens (including phenoxy) is 1. The molecule has 1 aromatic rings. The van der Waals surface area contributed by atoms with Gasteiger partial charge in [0.15, 0.2) is 0 Å². The maximum Gasteiger partial charge on any atom is 0.328 e. The maximum absolute atomic E-state index is 12.4. The number of likely N-dealkylation sites (tertiary alicyclic amines) is 1. The van der Waals surface area contributed by atoms with Crippen LogP contribution in [0.1, 0.15) is 30.4 Å². The summed E-state index contributed by atoms with van der Waals surface area (Å²) in [4.78, 5) is 25.8. The quantitative estimate of drug-likeness (QED) is 0.623. The van der Waals surface area contributed by atoms with Crippen LogP contribution in [-0.2, 0) is 20.7 Å². The Balaban J connectivity index is 1.76. The molecule has 0 aromatic heterocycles. The molecule has 1 saturated heterocycles. The van der Waals surface area contributed by atoms with Gasteiger partial charge in [-0.2, -0.15) is 0 Å². The van der Waals surface area contributed by atoms with Gasteiger partial charge in [-0.25, -0.2) is 4.79 Å². The van der Waals surface area contributed by atoms with Crippen molar-refractivity contribution in [1.82, 2.24) is 4.90 Å². The van der Waals surface area contributed by atoms with E-state index < -0.39 is 6.04 Å². The van der Waals surface area contributed by atoms with Crippen LogP contribution in [0.25, 0.3) is 5.03 Å². The van der Waals surface area contributed by atoms with Crippen molar-refractivity contribution in [2.24, 2.45) is 0 Å². The highest BCUT2D eigenvalue weighted by molar-refractivity contribution is 6.49. The molecular weight excluding hydrogens is 326 g/mol. The van der Waals surface area contributed by atoms with Crippen LogP contribution in [0.3, 0.4) is 0 Å². The van der Waals surface area contributed by atoms with Crippen LogP contribution < -0.4 is 0 Å². The van der Waals surface area contributed by atoms with Crippen molar-refractivity contribution >= 4 is 28.5 Å². The first-order valence-electron chi connectivity index (χ1n) is 8.15. The highest BCUT2D eigenvalue weighted by Gasteiger charge is 2.33. The molecule has 2 aliphatic rings. The van der Waals surface area contributed by atoms with Gasteiger partial charge in [-0.05, 0) is 42.4 Å². The second-order valence-electron chi connectivity index (χ2n) is 6.04.